The van der Waals surface area contributed by atoms with E-state index in [4.69, 9.17) is 5.73 Å². The molecule has 5 heteroatoms. The van der Waals surface area contributed by atoms with Gasteiger partial charge in [0.1, 0.15) is 5.52 Å². The van der Waals surface area contributed by atoms with E-state index in [0.29, 0.717) is 5.95 Å². The zero-order chi connectivity index (χ0) is 11.7. The second-order valence-corrected chi connectivity index (χ2v) is 5.73. The van der Waals surface area contributed by atoms with Gasteiger partial charge in [-0.05, 0) is 36.3 Å². The Bertz CT molecular complexity index is 516. The van der Waals surface area contributed by atoms with Crippen molar-refractivity contribution in [1.82, 2.24) is 14.5 Å². The monoisotopic (exact) mass is 248 g/mol. The Kier molecular flexibility index (Phi) is 2.93. The van der Waals surface area contributed by atoms with Crippen molar-refractivity contribution < 1.29 is 0 Å². The van der Waals surface area contributed by atoms with Crippen LogP contribution in [-0.4, -0.2) is 26.0 Å². The first-order chi connectivity index (χ1) is 8.34. The van der Waals surface area contributed by atoms with Crippen molar-refractivity contribution >= 4 is 28.7 Å². The van der Waals surface area contributed by atoms with Crippen molar-refractivity contribution in [2.75, 3.05) is 17.2 Å². The Morgan fingerprint density at radius 2 is 2.24 bits per heavy atom. The van der Waals surface area contributed by atoms with Crippen LogP contribution in [0.25, 0.3) is 11.0 Å². The molecule has 1 aliphatic rings. The van der Waals surface area contributed by atoms with Crippen molar-refractivity contribution in [2.45, 2.75) is 19.4 Å². The summed E-state index contributed by atoms with van der Waals surface area (Å²) in [4.78, 5) is 8.43. The van der Waals surface area contributed by atoms with Crippen LogP contribution in [-0.2, 0) is 6.54 Å². The van der Waals surface area contributed by atoms with E-state index < -0.39 is 0 Å². The lowest BCUT2D eigenvalue weighted by Crippen LogP contribution is -2.17. The Labute approximate surface area is 105 Å². The van der Waals surface area contributed by atoms with E-state index >= 15 is 0 Å². The molecule has 0 spiro atoms. The molecule has 0 saturated carbocycles. The van der Waals surface area contributed by atoms with E-state index in [2.05, 4.69) is 26.3 Å². The highest BCUT2D eigenvalue weighted by molar-refractivity contribution is 7.99. The maximum absolute atomic E-state index is 5.99. The number of imidazole rings is 1. The van der Waals surface area contributed by atoms with Gasteiger partial charge in [0.15, 0.2) is 0 Å². The third-order valence-electron chi connectivity index (χ3n) is 3.36. The molecule has 0 amide bonds. The first-order valence-corrected chi connectivity index (χ1v) is 7.13. The normalized spacial score (nSPS) is 17.6. The third-order valence-corrected chi connectivity index (χ3v) is 4.41. The molecular weight excluding hydrogens is 232 g/mol. The number of pyridine rings is 1. The van der Waals surface area contributed by atoms with Crippen LogP contribution in [0.1, 0.15) is 12.8 Å². The van der Waals surface area contributed by atoms with Gasteiger partial charge in [-0.15, -0.1) is 0 Å². The number of hydrogen-bond acceptors (Lipinski definition) is 4. The number of anilines is 1. The van der Waals surface area contributed by atoms with E-state index in [-0.39, 0.29) is 0 Å². The van der Waals surface area contributed by atoms with Crippen LogP contribution >= 0.6 is 11.8 Å². The van der Waals surface area contributed by atoms with Crippen molar-refractivity contribution in [3.05, 3.63) is 18.5 Å². The lowest BCUT2D eigenvalue weighted by molar-refractivity contribution is 0.425. The highest BCUT2D eigenvalue weighted by atomic mass is 32.2. The average molecular weight is 248 g/mol. The molecule has 2 N–H and O–H groups in total. The lowest BCUT2D eigenvalue weighted by Gasteiger charge is -2.22. The molecule has 2 aromatic rings. The highest BCUT2D eigenvalue weighted by Crippen LogP contribution is 2.26. The molecule has 0 unspecified atom stereocenters. The molecule has 0 radical (unpaired) electrons. The summed E-state index contributed by atoms with van der Waals surface area (Å²) < 4.78 is 2.14. The summed E-state index contributed by atoms with van der Waals surface area (Å²) in [6.07, 6.45) is 6.15. The van der Waals surface area contributed by atoms with Crippen LogP contribution < -0.4 is 5.73 Å². The van der Waals surface area contributed by atoms with Crippen molar-refractivity contribution in [1.29, 1.82) is 0 Å². The number of aromatic nitrogens is 3. The minimum absolute atomic E-state index is 0.617. The quantitative estimate of drug-likeness (QED) is 0.884. The van der Waals surface area contributed by atoms with Crippen LogP contribution in [0.2, 0.25) is 0 Å². The number of nitrogens with two attached hydrogens (primary N) is 1. The van der Waals surface area contributed by atoms with E-state index in [1.165, 1.54) is 24.3 Å². The molecule has 4 nitrogen and oxygen atoms in total. The van der Waals surface area contributed by atoms with Gasteiger partial charge in [0.25, 0.3) is 0 Å². The molecule has 0 aromatic carbocycles. The molecule has 0 bridgehead atoms. The second-order valence-electron chi connectivity index (χ2n) is 4.50. The van der Waals surface area contributed by atoms with Crippen LogP contribution in [0.4, 0.5) is 5.95 Å². The maximum Gasteiger partial charge on any atom is 0.201 e. The van der Waals surface area contributed by atoms with Gasteiger partial charge < -0.3 is 10.3 Å². The summed E-state index contributed by atoms with van der Waals surface area (Å²) >= 11 is 2.05. The Balaban J connectivity index is 1.90. The maximum atomic E-state index is 5.99. The molecule has 0 atom stereocenters. The number of hydrogen-bond donors (Lipinski definition) is 1. The van der Waals surface area contributed by atoms with Crippen molar-refractivity contribution in [3.8, 4) is 0 Å². The topological polar surface area (TPSA) is 56.7 Å². The van der Waals surface area contributed by atoms with Crippen LogP contribution in [0.5, 0.6) is 0 Å². The van der Waals surface area contributed by atoms with Gasteiger partial charge >= 0.3 is 0 Å². The second kappa shape index (κ2) is 4.56. The van der Waals surface area contributed by atoms with Gasteiger partial charge in [0, 0.05) is 12.7 Å². The standard InChI is InChI=1S/C12H16N4S/c13-12-15-10-7-14-4-1-11(10)16(12)8-9-2-5-17-6-3-9/h1,4,7,9H,2-3,5-6,8H2,(H2,13,15). The molecule has 90 valence electrons. The summed E-state index contributed by atoms with van der Waals surface area (Å²) in [5, 5.41) is 0. The molecule has 17 heavy (non-hydrogen) atoms. The average Bonchev–Trinajstić information content (AvgIpc) is 2.68. The van der Waals surface area contributed by atoms with Crippen LogP contribution in [0, 0.1) is 5.92 Å². The first kappa shape index (κ1) is 10.9. The van der Waals surface area contributed by atoms with Crippen LogP contribution in [0.15, 0.2) is 18.5 Å². The van der Waals surface area contributed by atoms with E-state index in [1.54, 1.807) is 12.4 Å². The Hall–Kier alpha value is -1.23. The zero-order valence-corrected chi connectivity index (χ0v) is 10.5. The Morgan fingerprint density at radius 1 is 1.41 bits per heavy atom. The summed E-state index contributed by atoms with van der Waals surface area (Å²) in [6, 6.07) is 2.00. The van der Waals surface area contributed by atoms with E-state index in [9.17, 15) is 0 Å². The van der Waals surface area contributed by atoms with Gasteiger partial charge in [-0.2, -0.15) is 11.8 Å². The summed E-state index contributed by atoms with van der Waals surface area (Å²) in [5.41, 5.74) is 7.99. The Morgan fingerprint density at radius 3 is 3.06 bits per heavy atom. The van der Waals surface area contributed by atoms with Gasteiger partial charge in [-0.1, -0.05) is 0 Å². The fraction of sp³-hybridized carbons (Fsp3) is 0.500. The predicted octanol–water partition coefficient (Wildman–Crippen LogP) is 2.16. The largest absolute Gasteiger partial charge is 0.369 e. The van der Waals surface area contributed by atoms with Gasteiger partial charge in [-0.3, -0.25) is 4.98 Å². The number of rotatable bonds is 2. The van der Waals surface area contributed by atoms with Crippen molar-refractivity contribution in [3.63, 3.8) is 0 Å². The lowest BCUT2D eigenvalue weighted by atomic mass is 10.0. The summed E-state index contributed by atoms with van der Waals surface area (Å²) in [7, 11) is 0. The van der Waals surface area contributed by atoms with Crippen molar-refractivity contribution in [2.24, 2.45) is 5.92 Å². The summed E-state index contributed by atoms with van der Waals surface area (Å²) in [5.74, 6) is 3.91. The number of thioether (sulfide) groups is 1. The minimum Gasteiger partial charge on any atom is -0.369 e. The van der Waals surface area contributed by atoms with Gasteiger partial charge in [0.05, 0.1) is 11.7 Å². The van der Waals surface area contributed by atoms with Crippen LogP contribution in [0.3, 0.4) is 0 Å². The highest BCUT2D eigenvalue weighted by Gasteiger charge is 2.17. The number of nitrogens with zero attached hydrogens (tertiary/aromatic N) is 3. The van der Waals surface area contributed by atoms with Gasteiger partial charge in [-0.25, -0.2) is 4.98 Å². The fourth-order valence-electron chi connectivity index (χ4n) is 2.38. The zero-order valence-electron chi connectivity index (χ0n) is 9.67. The minimum atomic E-state index is 0.617. The molecular formula is C12H16N4S. The molecule has 1 fully saturated rings. The SMILES string of the molecule is Nc1nc2cnccc2n1CC1CCSCC1. The number of fused-ring (bicyclic) bond motifs is 1. The molecule has 0 aliphatic carbocycles. The molecule has 1 aliphatic heterocycles. The third kappa shape index (κ3) is 2.11. The molecule has 2 aromatic heterocycles. The molecule has 1 saturated heterocycles. The summed E-state index contributed by atoms with van der Waals surface area (Å²) in [6.45, 7) is 0.993. The van der Waals surface area contributed by atoms with E-state index in [0.717, 1.165) is 23.5 Å². The first-order valence-electron chi connectivity index (χ1n) is 5.98. The molecule has 3 rings (SSSR count). The molecule has 3 heterocycles. The van der Waals surface area contributed by atoms with E-state index in [1.807, 2.05) is 6.07 Å². The number of nitrogen functional groups attached to an aromatic ring is 1. The van der Waals surface area contributed by atoms with Gasteiger partial charge in [0.2, 0.25) is 5.95 Å². The predicted molar refractivity (Wildman–Crippen MR) is 72.0 cm³/mol. The smallest absolute Gasteiger partial charge is 0.201 e. The fourth-order valence-corrected chi connectivity index (χ4v) is 3.58.